The molecule has 3 heteroatoms. The quantitative estimate of drug-likeness (QED) is 0.655. The minimum absolute atomic E-state index is 0.455. The third-order valence-electron chi connectivity index (χ3n) is 1.94. The van der Waals surface area contributed by atoms with Gasteiger partial charge in [0.05, 0.1) is 6.20 Å². The van der Waals surface area contributed by atoms with Crippen LogP contribution in [0.5, 0.6) is 0 Å². The molecule has 0 bridgehead atoms. The van der Waals surface area contributed by atoms with Crippen LogP contribution in [0.25, 0.3) is 0 Å². The van der Waals surface area contributed by atoms with E-state index in [1.165, 1.54) is 12.4 Å². The highest BCUT2D eigenvalue weighted by molar-refractivity contribution is 5.13. The fourth-order valence-electron chi connectivity index (χ4n) is 1.30. The molecular weight excluding hydrogens is 179 g/mol. The van der Waals surface area contributed by atoms with Crippen molar-refractivity contribution in [1.29, 1.82) is 0 Å². The van der Waals surface area contributed by atoms with E-state index in [0.717, 1.165) is 5.56 Å². The third-order valence-corrected chi connectivity index (χ3v) is 1.94. The topological polar surface area (TPSA) is 16.8 Å². The minimum Gasteiger partial charge on any atom is -0.217 e. The summed E-state index contributed by atoms with van der Waals surface area (Å²) in [7, 11) is 0. The molecule has 0 atom stereocenters. The van der Waals surface area contributed by atoms with Gasteiger partial charge in [-0.1, -0.05) is 30.3 Å². The molecule has 2 rings (SSSR count). The van der Waals surface area contributed by atoms with Crippen LogP contribution in [0, 0.1) is 5.95 Å². The minimum atomic E-state index is -0.455. The predicted octanol–water partition coefficient (Wildman–Crippen LogP) is 1.56. The summed E-state index contributed by atoms with van der Waals surface area (Å²) in [5.41, 5.74) is 1.14. The van der Waals surface area contributed by atoms with E-state index in [-0.39, 0.29) is 0 Å². The van der Waals surface area contributed by atoms with Crippen molar-refractivity contribution in [2.24, 2.45) is 0 Å². The molecule has 1 aromatic heterocycles. The molecule has 2 aromatic rings. The van der Waals surface area contributed by atoms with Gasteiger partial charge in [-0.05, 0) is 0 Å². The summed E-state index contributed by atoms with van der Waals surface area (Å²) in [5.74, 6) is -0.455. The molecule has 1 heterocycles. The number of benzene rings is 1. The molecule has 1 aromatic carbocycles. The van der Waals surface area contributed by atoms with Gasteiger partial charge in [0.25, 0.3) is 5.95 Å². The maximum absolute atomic E-state index is 12.7. The lowest BCUT2D eigenvalue weighted by Gasteiger charge is -1.96. The fraction of sp³-hybridized carbons (Fsp3) is 0.0909. The Morgan fingerprint density at radius 3 is 2.71 bits per heavy atom. The van der Waals surface area contributed by atoms with Crippen LogP contribution in [0.2, 0.25) is 0 Å². The lowest BCUT2D eigenvalue weighted by atomic mass is 10.2. The largest absolute Gasteiger partial charge is 0.277 e. The Kier molecular flexibility index (Phi) is 2.49. The zero-order chi connectivity index (χ0) is 9.80. The van der Waals surface area contributed by atoms with Gasteiger partial charge < -0.3 is 0 Å². The van der Waals surface area contributed by atoms with Crippen molar-refractivity contribution in [3.05, 3.63) is 60.4 Å². The van der Waals surface area contributed by atoms with Gasteiger partial charge in [-0.3, -0.25) is 0 Å². The molecular formula is C11H10FN2+. The van der Waals surface area contributed by atoms with Gasteiger partial charge in [0, 0.05) is 5.56 Å². The van der Waals surface area contributed by atoms with Gasteiger partial charge in [0.1, 0.15) is 0 Å². The molecule has 0 aliphatic carbocycles. The summed E-state index contributed by atoms with van der Waals surface area (Å²) in [6, 6.07) is 9.90. The highest BCUT2D eigenvalue weighted by Gasteiger charge is 2.03. The van der Waals surface area contributed by atoms with Crippen LogP contribution in [0.3, 0.4) is 0 Å². The fourth-order valence-corrected chi connectivity index (χ4v) is 1.30. The first kappa shape index (κ1) is 8.81. The summed E-state index contributed by atoms with van der Waals surface area (Å²) in [5, 5.41) is 0. The lowest BCUT2D eigenvalue weighted by Crippen LogP contribution is -2.34. The molecule has 0 amide bonds. The van der Waals surface area contributed by atoms with Crippen molar-refractivity contribution >= 4 is 0 Å². The average Bonchev–Trinajstić information content (AvgIpc) is 2.19. The summed E-state index contributed by atoms with van der Waals surface area (Å²) >= 11 is 0. The Hall–Kier alpha value is -1.77. The van der Waals surface area contributed by atoms with Crippen LogP contribution >= 0.6 is 0 Å². The summed E-state index contributed by atoms with van der Waals surface area (Å²) in [6.07, 6.45) is 4.58. The molecule has 0 unspecified atom stereocenters. The van der Waals surface area contributed by atoms with E-state index in [1.807, 2.05) is 30.3 Å². The van der Waals surface area contributed by atoms with E-state index >= 15 is 0 Å². The number of aromatic nitrogens is 2. The van der Waals surface area contributed by atoms with Crippen LogP contribution in [0.1, 0.15) is 5.56 Å². The molecule has 14 heavy (non-hydrogen) atoms. The lowest BCUT2D eigenvalue weighted by molar-refractivity contribution is -0.690. The van der Waals surface area contributed by atoms with Crippen molar-refractivity contribution in [3.63, 3.8) is 0 Å². The van der Waals surface area contributed by atoms with Gasteiger partial charge in [-0.25, -0.2) is 4.98 Å². The molecule has 0 N–H and O–H groups in total. The SMILES string of the molecule is Fc1c[n+](Cc2ccccc2)ccn1. The van der Waals surface area contributed by atoms with Crippen LogP contribution in [0.4, 0.5) is 4.39 Å². The first-order valence-corrected chi connectivity index (χ1v) is 4.39. The Balaban J connectivity index is 2.19. The van der Waals surface area contributed by atoms with Crippen molar-refractivity contribution in [2.75, 3.05) is 0 Å². The number of nitrogens with zero attached hydrogens (tertiary/aromatic N) is 2. The molecule has 0 fully saturated rings. The zero-order valence-corrected chi connectivity index (χ0v) is 7.60. The second-order valence-corrected chi connectivity index (χ2v) is 3.04. The van der Waals surface area contributed by atoms with E-state index in [0.29, 0.717) is 6.54 Å². The molecule has 0 saturated carbocycles. The highest BCUT2D eigenvalue weighted by atomic mass is 19.1. The summed E-state index contributed by atoms with van der Waals surface area (Å²) < 4.78 is 14.5. The monoisotopic (exact) mass is 189 g/mol. The Morgan fingerprint density at radius 1 is 1.21 bits per heavy atom. The number of rotatable bonds is 2. The van der Waals surface area contributed by atoms with Gasteiger partial charge in [-0.2, -0.15) is 8.96 Å². The number of halogens is 1. The van der Waals surface area contributed by atoms with E-state index < -0.39 is 5.95 Å². The van der Waals surface area contributed by atoms with Crippen LogP contribution in [0.15, 0.2) is 48.9 Å². The van der Waals surface area contributed by atoms with Crippen molar-refractivity contribution in [3.8, 4) is 0 Å². The normalized spacial score (nSPS) is 10.1. The number of hydrogen-bond acceptors (Lipinski definition) is 1. The van der Waals surface area contributed by atoms with Crippen LogP contribution in [-0.4, -0.2) is 4.98 Å². The molecule has 0 radical (unpaired) electrons. The third kappa shape index (κ3) is 2.13. The Labute approximate surface area is 81.7 Å². The van der Waals surface area contributed by atoms with E-state index in [9.17, 15) is 4.39 Å². The van der Waals surface area contributed by atoms with E-state index in [4.69, 9.17) is 0 Å². The van der Waals surface area contributed by atoms with Gasteiger partial charge >= 0.3 is 0 Å². The molecule has 2 nitrogen and oxygen atoms in total. The van der Waals surface area contributed by atoms with Gasteiger partial charge in [0.2, 0.25) is 6.20 Å². The predicted molar refractivity (Wildman–Crippen MR) is 49.9 cm³/mol. The summed E-state index contributed by atoms with van der Waals surface area (Å²) in [4.78, 5) is 3.49. The molecule has 70 valence electrons. The van der Waals surface area contributed by atoms with Crippen molar-refractivity contribution < 1.29 is 8.96 Å². The smallest absolute Gasteiger partial charge is 0.217 e. The molecule has 0 aliphatic rings. The van der Waals surface area contributed by atoms with Gasteiger partial charge in [-0.15, -0.1) is 0 Å². The van der Waals surface area contributed by atoms with Crippen molar-refractivity contribution in [1.82, 2.24) is 4.98 Å². The number of hydrogen-bond donors (Lipinski definition) is 0. The Bertz CT molecular complexity index is 415. The zero-order valence-electron chi connectivity index (χ0n) is 7.60. The maximum atomic E-state index is 12.7. The second kappa shape index (κ2) is 3.96. The average molecular weight is 189 g/mol. The first-order chi connectivity index (χ1) is 6.84. The van der Waals surface area contributed by atoms with Crippen molar-refractivity contribution in [2.45, 2.75) is 6.54 Å². The second-order valence-electron chi connectivity index (χ2n) is 3.04. The summed E-state index contributed by atoms with van der Waals surface area (Å²) in [6.45, 7) is 0.667. The van der Waals surface area contributed by atoms with Crippen LogP contribution in [-0.2, 0) is 6.54 Å². The first-order valence-electron chi connectivity index (χ1n) is 4.39. The molecule has 0 saturated heterocycles. The maximum Gasteiger partial charge on any atom is 0.277 e. The van der Waals surface area contributed by atoms with E-state index in [1.54, 1.807) is 10.8 Å². The molecule has 0 aliphatic heterocycles. The van der Waals surface area contributed by atoms with Gasteiger partial charge in [0.15, 0.2) is 12.7 Å². The van der Waals surface area contributed by atoms with E-state index in [2.05, 4.69) is 4.98 Å². The Morgan fingerprint density at radius 2 is 2.00 bits per heavy atom. The van der Waals surface area contributed by atoms with Crippen LogP contribution < -0.4 is 4.57 Å². The highest BCUT2D eigenvalue weighted by Crippen LogP contribution is 1.97. The standard InChI is InChI=1S/C11H10FN2/c12-11-9-14(7-6-13-11)8-10-4-2-1-3-5-10/h1-7,9H,8H2/q+1. The molecule has 0 spiro atoms.